The van der Waals surface area contributed by atoms with Crippen LogP contribution in [0.1, 0.15) is 23.2 Å². The summed E-state index contributed by atoms with van der Waals surface area (Å²) in [5.74, 6) is -2.62. The zero-order chi connectivity index (χ0) is 23.5. The number of tetrazole rings is 1. The molecule has 0 radical (unpaired) electrons. The number of nitrogens with zero attached hydrogens (tertiary/aromatic N) is 6. The highest BCUT2D eigenvalue weighted by molar-refractivity contribution is 14.1. The molecule has 0 aliphatic carbocycles. The molecule has 1 aliphatic rings. The van der Waals surface area contributed by atoms with Crippen LogP contribution in [0.3, 0.4) is 0 Å². The Kier molecular flexibility index (Phi) is 7.14. The maximum Gasteiger partial charge on any atom is 0.300 e. The average molecular weight is 589 g/mol. The molecule has 1 fully saturated rings. The largest absolute Gasteiger partial charge is 0.371 e. The zero-order valence-electron chi connectivity index (χ0n) is 17.2. The normalized spacial score (nSPS) is 13.4. The molecule has 0 unspecified atom stereocenters. The molecule has 1 aromatic heterocycles. The van der Waals surface area contributed by atoms with Gasteiger partial charge in [0.2, 0.25) is 5.16 Å². The van der Waals surface area contributed by atoms with Crippen LogP contribution in [0.15, 0.2) is 40.4 Å². The van der Waals surface area contributed by atoms with E-state index in [9.17, 15) is 21.9 Å². The highest BCUT2D eigenvalue weighted by atomic mass is 127. The number of aromatic nitrogens is 4. The van der Waals surface area contributed by atoms with E-state index in [0.29, 0.717) is 19.0 Å². The van der Waals surface area contributed by atoms with Gasteiger partial charge in [-0.1, -0.05) is 0 Å². The van der Waals surface area contributed by atoms with Crippen LogP contribution in [0.2, 0.25) is 0 Å². The number of benzene rings is 2. The van der Waals surface area contributed by atoms with E-state index in [1.165, 1.54) is 35.0 Å². The molecular weight excluding hydrogens is 571 g/mol. The first-order valence-corrected chi connectivity index (χ1v) is 12.4. The van der Waals surface area contributed by atoms with Gasteiger partial charge < -0.3 is 10.2 Å². The van der Waals surface area contributed by atoms with Gasteiger partial charge in [-0.3, -0.25) is 10.0 Å². The first-order chi connectivity index (χ1) is 15.9. The van der Waals surface area contributed by atoms with Gasteiger partial charge in [-0.05, 0) is 65.4 Å². The molecule has 1 amide bonds. The van der Waals surface area contributed by atoms with E-state index in [2.05, 4.69) is 20.8 Å². The van der Waals surface area contributed by atoms with Crippen LogP contribution in [0.4, 0.5) is 25.8 Å². The Morgan fingerprint density at radius 1 is 1.21 bits per heavy atom. The van der Waals surface area contributed by atoms with Gasteiger partial charge in [0.05, 0.1) is 11.3 Å². The van der Waals surface area contributed by atoms with Gasteiger partial charge in [0.25, 0.3) is 27.4 Å². The minimum absolute atomic E-state index is 0.0144. The van der Waals surface area contributed by atoms with E-state index in [1.54, 1.807) is 7.05 Å². The highest BCUT2D eigenvalue weighted by Gasteiger charge is 2.22. The number of carbonyl (C=O) groups is 1. The summed E-state index contributed by atoms with van der Waals surface area (Å²) in [6.45, 7) is 1.43. The minimum atomic E-state index is -1.95. The summed E-state index contributed by atoms with van der Waals surface area (Å²) in [6.07, 6.45) is 1.90. The van der Waals surface area contributed by atoms with Crippen LogP contribution in [0, 0.1) is 11.6 Å². The van der Waals surface area contributed by atoms with Gasteiger partial charge in [0.15, 0.2) is 11.6 Å². The number of amides is 1. The molecule has 0 atom stereocenters. The second-order valence-corrected chi connectivity index (χ2v) is 9.45. The van der Waals surface area contributed by atoms with E-state index >= 15 is 0 Å². The number of nitrogens with one attached hydrogen (secondary N) is 1. The van der Waals surface area contributed by atoms with Gasteiger partial charge in [-0.2, -0.15) is 3.28 Å². The second kappa shape index (κ2) is 10.0. The minimum Gasteiger partial charge on any atom is -0.371 e. The molecule has 174 valence electrons. The van der Waals surface area contributed by atoms with Crippen molar-refractivity contribution >= 4 is 56.2 Å². The van der Waals surface area contributed by atoms with Crippen LogP contribution in [-0.2, 0) is 10.1 Å². The molecule has 1 saturated heterocycles. The Morgan fingerprint density at radius 2 is 1.91 bits per heavy atom. The fourth-order valence-corrected chi connectivity index (χ4v) is 4.73. The first kappa shape index (κ1) is 23.4. The lowest BCUT2D eigenvalue weighted by molar-refractivity contribution is 0.102. The Morgan fingerprint density at radius 3 is 2.52 bits per heavy atom. The Bertz CT molecular complexity index is 1180. The molecule has 14 heteroatoms. The zero-order valence-corrected chi connectivity index (χ0v) is 20.2. The summed E-state index contributed by atoms with van der Waals surface area (Å²) in [7, 11) is 1.61. The van der Waals surface area contributed by atoms with Crippen molar-refractivity contribution < 1.29 is 21.9 Å². The summed E-state index contributed by atoms with van der Waals surface area (Å²) >= 11 is -0.908. The molecule has 3 aromatic rings. The average Bonchev–Trinajstić information content (AvgIpc) is 3.48. The summed E-state index contributed by atoms with van der Waals surface area (Å²) in [4.78, 5) is 15.3. The molecule has 33 heavy (non-hydrogen) atoms. The van der Waals surface area contributed by atoms with E-state index in [1.807, 2.05) is 4.90 Å². The summed E-state index contributed by atoms with van der Waals surface area (Å²) < 4.78 is 42.6. The van der Waals surface area contributed by atoms with E-state index in [-0.39, 0.29) is 11.3 Å². The van der Waals surface area contributed by atoms with Crippen LogP contribution in [-0.4, -0.2) is 44.4 Å². The lowest BCUT2D eigenvalue weighted by atomic mass is 10.1. The molecule has 2 N–H and O–H groups in total. The van der Waals surface area contributed by atoms with Crippen molar-refractivity contribution in [2.45, 2.75) is 22.9 Å². The van der Waals surface area contributed by atoms with Gasteiger partial charge >= 0.3 is 0 Å². The highest BCUT2D eigenvalue weighted by Crippen LogP contribution is 2.34. The molecule has 1 aliphatic heterocycles. The van der Waals surface area contributed by atoms with Crippen molar-refractivity contribution in [3.8, 4) is 0 Å². The SMILES string of the molecule is Cn1nnnc1Sc1ccc(N(O)I=O)cc1C(=O)Nc1c(F)cc(N2CCCC2)cc1F. The Labute approximate surface area is 201 Å². The van der Waals surface area contributed by atoms with Crippen molar-refractivity contribution in [3.05, 3.63) is 47.5 Å². The monoisotopic (exact) mass is 589 g/mol. The topological polar surface area (TPSA) is 116 Å². The fraction of sp³-hybridized carbons (Fsp3) is 0.263. The van der Waals surface area contributed by atoms with Crippen molar-refractivity contribution in [3.63, 3.8) is 0 Å². The number of carbonyl (C=O) groups excluding carboxylic acids is 1. The number of hydrogen-bond acceptors (Lipinski definition) is 8. The molecule has 0 spiro atoms. The lowest BCUT2D eigenvalue weighted by Gasteiger charge is -2.19. The number of rotatable bonds is 7. The van der Waals surface area contributed by atoms with E-state index < -0.39 is 44.7 Å². The van der Waals surface area contributed by atoms with Crippen molar-refractivity contribution in [1.82, 2.24) is 20.2 Å². The first-order valence-electron chi connectivity index (χ1n) is 9.73. The van der Waals surface area contributed by atoms with Crippen LogP contribution < -0.4 is 13.5 Å². The molecule has 2 heterocycles. The third-order valence-electron chi connectivity index (χ3n) is 5.01. The standard InChI is InChI=1S/C19H18F2IN7O3S/c1-27-19(24-25-26-27)33-16-5-4-11(29(32)22-31)8-13(16)18(30)23-17-14(20)9-12(10-15(17)21)28-6-2-3-7-28/h4-5,8-10,32H,2-3,6-7H2,1H3,(H,23,30). The van der Waals surface area contributed by atoms with Gasteiger partial charge in [-0.25, -0.2) is 16.5 Å². The number of aryl methyl sites for hydroxylation is 1. The number of hydrogen-bond donors (Lipinski definition) is 2. The molecule has 10 nitrogen and oxygen atoms in total. The Hall–Kier alpha value is -2.72. The van der Waals surface area contributed by atoms with E-state index in [0.717, 1.165) is 37.7 Å². The van der Waals surface area contributed by atoms with Gasteiger partial charge in [-0.15, -0.1) is 5.10 Å². The maximum absolute atomic E-state index is 14.8. The van der Waals surface area contributed by atoms with Gasteiger partial charge in [0.1, 0.15) is 5.69 Å². The summed E-state index contributed by atoms with van der Waals surface area (Å²) in [6, 6.07) is 6.60. The maximum atomic E-state index is 14.8. The summed E-state index contributed by atoms with van der Waals surface area (Å²) in [5.41, 5.74) is -0.0845. The van der Waals surface area contributed by atoms with Gasteiger partial charge in [0, 0.05) is 30.7 Å². The predicted octanol–water partition coefficient (Wildman–Crippen LogP) is 3.92. The molecule has 4 rings (SSSR count). The van der Waals surface area contributed by atoms with Crippen LogP contribution in [0.25, 0.3) is 0 Å². The second-order valence-electron chi connectivity index (χ2n) is 7.13. The molecule has 0 saturated carbocycles. The van der Waals surface area contributed by atoms with Crippen molar-refractivity contribution in [2.75, 3.05) is 26.6 Å². The predicted molar refractivity (Wildman–Crippen MR) is 124 cm³/mol. The number of anilines is 3. The third-order valence-corrected chi connectivity index (χ3v) is 7.04. The quantitative estimate of drug-likeness (QED) is 0.240. The molecular formula is C19H18F2IN7O3S. The summed E-state index contributed by atoms with van der Waals surface area (Å²) in [5, 5.41) is 23.6. The Balaban J connectivity index is 1.66. The lowest BCUT2D eigenvalue weighted by Crippen LogP contribution is -2.20. The van der Waals surface area contributed by atoms with Crippen molar-refractivity contribution in [1.29, 1.82) is 0 Å². The van der Waals surface area contributed by atoms with Crippen molar-refractivity contribution in [2.24, 2.45) is 7.05 Å². The third kappa shape index (κ3) is 5.11. The van der Waals surface area contributed by atoms with Crippen LogP contribution in [0.5, 0.6) is 0 Å². The fourth-order valence-electron chi connectivity index (χ4n) is 3.36. The van der Waals surface area contributed by atoms with Crippen LogP contribution >= 0.6 is 33.2 Å². The number of halogens is 3. The van der Waals surface area contributed by atoms with E-state index in [4.69, 9.17) is 0 Å². The molecule has 0 bridgehead atoms. The molecule has 2 aromatic carbocycles. The smallest absolute Gasteiger partial charge is 0.300 e.